The summed E-state index contributed by atoms with van der Waals surface area (Å²) in [5.41, 5.74) is 0.760. The van der Waals surface area contributed by atoms with E-state index in [4.69, 9.17) is 4.74 Å². The topological polar surface area (TPSA) is 39.2 Å². The number of hydrogen-bond donors (Lipinski definition) is 0. The molecule has 1 aromatic heterocycles. The monoisotopic (exact) mass is 183 g/mol. The van der Waals surface area contributed by atoms with Gasteiger partial charge in [0.05, 0.1) is 12.3 Å². The summed E-state index contributed by atoms with van der Waals surface area (Å²) in [5, 5.41) is 0. The van der Waals surface area contributed by atoms with Crippen molar-refractivity contribution in [1.29, 1.82) is 0 Å². The fraction of sp³-hybridized carbons (Fsp3) is 0.429. The van der Waals surface area contributed by atoms with Crippen molar-refractivity contribution in [2.24, 2.45) is 0 Å². The quantitative estimate of drug-likeness (QED) is 0.474. The molecule has 0 spiro atoms. The molecule has 0 unspecified atom stereocenters. The molecule has 5 heteroatoms. The Morgan fingerprint density at radius 1 is 1.75 bits per heavy atom. The van der Waals surface area contributed by atoms with Crippen molar-refractivity contribution in [3.63, 3.8) is 0 Å². The summed E-state index contributed by atoms with van der Waals surface area (Å²) >= 11 is 1.38. The van der Waals surface area contributed by atoms with Gasteiger partial charge in [-0.3, -0.25) is 4.98 Å². The smallest absolute Gasteiger partial charge is 0.350 e. The minimum atomic E-state index is -0.263. The van der Waals surface area contributed by atoms with Crippen LogP contribution in [0.5, 0.6) is 0 Å². The summed E-state index contributed by atoms with van der Waals surface area (Å²) < 4.78 is 4.85. The zero-order valence-corrected chi connectivity index (χ0v) is 8.20. The Morgan fingerprint density at radius 3 is 2.83 bits per heavy atom. The first-order valence-corrected chi connectivity index (χ1v) is 4.58. The van der Waals surface area contributed by atoms with E-state index in [1.54, 1.807) is 6.92 Å². The third kappa shape index (κ3) is 1.85. The third-order valence-electron chi connectivity index (χ3n) is 1.36. The molecule has 0 saturated heterocycles. The van der Waals surface area contributed by atoms with Crippen LogP contribution in [0.15, 0.2) is 0 Å². The predicted molar refractivity (Wildman–Crippen MR) is 51.0 cm³/mol. The molecule has 12 heavy (non-hydrogen) atoms. The maximum atomic E-state index is 11.2. The summed E-state index contributed by atoms with van der Waals surface area (Å²) in [7, 11) is 1.88. The highest BCUT2D eigenvalue weighted by Gasteiger charge is 2.13. The molecule has 1 rings (SSSR count). The third-order valence-corrected chi connectivity index (χ3v) is 2.42. The highest BCUT2D eigenvalue weighted by atomic mass is 32.1. The number of ether oxygens (including phenoxy) is 1. The van der Waals surface area contributed by atoms with Crippen molar-refractivity contribution in [1.82, 2.24) is 4.98 Å². The van der Waals surface area contributed by atoms with Gasteiger partial charge in [-0.25, -0.2) is 4.79 Å². The van der Waals surface area contributed by atoms with Crippen LogP contribution in [-0.4, -0.2) is 25.4 Å². The molecular formula is C7H10BNO2S. The SMILES string of the molecule is Bc1nc(C)c(C(=O)OCC)s1. The Kier molecular flexibility index (Phi) is 2.86. The van der Waals surface area contributed by atoms with Gasteiger partial charge in [-0.1, -0.05) is 0 Å². The molecule has 0 saturated carbocycles. The van der Waals surface area contributed by atoms with Crippen molar-refractivity contribution in [2.45, 2.75) is 13.8 Å². The number of thiazole rings is 1. The molecule has 64 valence electrons. The summed E-state index contributed by atoms with van der Waals surface area (Å²) in [6.07, 6.45) is 0. The highest BCUT2D eigenvalue weighted by molar-refractivity contribution is 7.21. The maximum absolute atomic E-state index is 11.2. The number of hydrogen-bond acceptors (Lipinski definition) is 4. The van der Waals surface area contributed by atoms with Crippen LogP contribution >= 0.6 is 11.3 Å². The zero-order valence-electron chi connectivity index (χ0n) is 7.38. The van der Waals surface area contributed by atoms with Crippen LogP contribution < -0.4 is 4.91 Å². The standard InChI is InChI=1S/C7H10BNO2S/c1-3-11-6(10)5-4(2)9-7(8)12-5/h3,8H2,1-2H3. The first-order valence-electron chi connectivity index (χ1n) is 3.76. The van der Waals surface area contributed by atoms with Gasteiger partial charge in [-0.15, -0.1) is 11.3 Å². The molecular weight excluding hydrogens is 173 g/mol. The van der Waals surface area contributed by atoms with Crippen molar-refractivity contribution in [3.05, 3.63) is 10.6 Å². The van der Waals surface area contributed by atoms with E-state index < -0.39 is 0 Å². The second-order valence-corrected chi connectivity index (χ2v) is 3.57. The van der Waals surface area contributed by atoms with Crippen LogP contribution in [0.2, 0.25) is 0 Å². The average Bonchev–Trinajstić information content (AvgIpc) is 2.30. The summed E-state index contributed by atoms with van der Waals surface area (Å²) in [6.45, 7) is 4.02. The van der Waals surface area contributed by atoms with Gasteiger partial charge in [0, 0.05) is 4.91 Å². The van der Waals surface area contributed by atoms with Gasteiger partial charge in [-0.2, -0.15) is 0 Å². The number of carbonyl (C=O) groups is 1. The van der Waals surface area contributed by atoms with E-state index in [2.05, 4.69) is 4.98 Å². The second-order valence-electron chi connectivity index (χ2n) is 2.37. The lowest BCUT2D eigenvalue weighted by atomic mass is 10.2. The van der Waals surface area contributed by atoms with Crippen LogP contribution in [0, 0.1) is 6.92 Å². The molecule has 1 aromatic rings. The number of aryl methyl sites for hydroxylation is 1. The van der Waals surface area contributed by atoms with Gasteiger partial charge in [-0.05, 0) is 13.8 Å². The van der Waals surface area contributed by atoms with E-state index in [1.807, 2.05) is 14.8 Å². The zero-order chi connectivity index (χ0) is 9.14. The molecule has 3 nitrogen and oxygen atoms in total. The lowest BCUT2D eigenvalue weighted by molar-refractivity contribution is 0.0531. The molecule has 0 amide bonds. The molecule has 0 aliphatic rings. The van der Waals surface area contributed by atoms with Crippen molar-refractivity contribution < 1.29 is 9.53 Å². The number of carbonyl (C=O) groups excluding carboxylic acids is 1. The number of esters is 1. The van der Waals surface area contributed by atoms with E-state index >= 15 is 0 Å². The lowest BCUT2D eigenvalue weighted by Crippen LogP contribution is -2.03. The van der Waals surface area contributed by atoms with Crippen molar-refractivity contribution >= 4 is 30.1 Å². The van der Waals surface area contributed by atoms with Gasteiger partial charge in [0.25, 0.3) is 0 Å². The van der Waals surface area contributed by atoms with E-state index in [-0.39, 0.29) is 5.97 Å². The molecule has 0 atom stereocenters. The van der Waals surface area contributed by atoms with Crippen LogP contribution in [-0.2, 0) is 4.74 Å². The normalized spacial score (nSPS) is 9.83. The lowest BCUT2D eigenvalue weighted by Gasteiger charge is -1.97. The Labute approximate surface area is 76.2 Å². The van der Waals surface area contributed by atoms with Crippen LogP contribution in [0.1, 0.15) is 22.3 Å². The van der Waals surface area contributed by atoms with Gasteiger partial charge >= 0.3 is 5.97 Å². The fourth-order valence-electron chi connectivity index (χ4n) is 0.917. The summed E-state index contributed by atoms with van der Waals surface area (Å²) in [4.78, 5) is 16.9. The first kappa shape index (κ1) is 9.25. The van der Waals surface area contributed by atoms with Crippen LogP contribution in [0.25, 0.3) is 0 Å². The average molecular weight is 183 g/mol. The Bertz CT molecular complexity index is 298. The molecule has 0 aromatic carbocycles. The number of rotatable bonds is 2. The number of nitrogens with zero attached hydrogens (tertiary/aromatic N) is 1. The molecule has 0 N–H and O–H groups in total. The van der Waals surface area contributed by atoms with E-state index in [1.165, 1.54) is 11.3 Å². The highest BCUT2D eigenvalue weighted by Crippen LogP contribution is 2.10. The van der Waals surface area contributed by atoms with Gasteiger partial charge in [0.1, 0.15) is 4.88 Å². The largest absolute Gasteiger partial charge is 0.462 e. The molecule has 0 fully saturated rings. The van der Waals surface area contributed by atoms with Gasteiger partial charge in [0.15, 0.2) is 7.85 Å². The summed E-state index contributed by atoms with van der Waals surface area (Å²) in [5.74, 6) is -0.263. The Hall–Kier alpha value is -0.835. The molecule has 0 aliphatic heterocycles. The van der Waals surface area contributed by atoms with Crippen molar-refractivity contribution in [2.75, 3.05) is 6.61 Å². The van der Waals surface area contributed by atoms with E-state index in [9.17, 15) is 4.79 Å². The minimum Gasteiger partial charge on any atom is -0.462 e. The minimum absolute atomic E-state index is 0.263. The second kappa shape index (κ2) is 3.71. The molecule has 0 aliphatic carbocycles. The Morgan fingerprint density at radius 2 is 2.42 bits per heavy atom. The van der Waals surface area contributed by atoms with Gasteiger partial charge in [0.2, 0.25) is 0 Å². The van der Waals surface area contributed by atoms with E-state index in [0.717, 1.165) is 10.6 Å². The van der Waals surface area contributed by atoms with Crippen LogP contribution in [0.3, 0.4) is 0 Å². The molecule has 1 heterocycles. The van der Waals surface area contributed by atoms with Crippen molar-refractivity contribution in [3.8, 4) is 0 Å². The first-order chi connectivity index (χ1) is 5.65. The molecule has 0 bridgehead atoms. The number of aromatic nitrogens is 1. The summed E-state index contributed by atoms with van der Waals surface area (Å²) in [6, 6.07) is 0. The van der Waals surface area contributed by atoms with Crippen LogP contribution in [0.4, 0.5) is 0 Å². The molecule has 0 radical (unpaired) electrons. The Balaban J connectivity index is 2.87. The predicted octanol–water partition coefficient (Wildman–Crippen LogP) is -0.113. The maximum Gasteiger partial charge on any atom is 0.350 e. The van der Waals surface area contributed by atoms with E-state index in [0.29, 0.717) is 11.5 Å². The fourth-order valence-corrected chi connectivity index (χ4v) is 1.73. The van der Waals surface area contributed by atoms with Gasteiger partial charge < -0.3 is 4.74 Å².